The standard InChI is InChI=1S/C13H10F2O3S2/c1-7-8(4-11(19-7)13(16)17)6-20(18)12-3-2-9(14)5-10(12)15/h2-5H,6H2,1H3,(H,16,17). The zero-order valence-electron chi connectivity index (χ0n) is 10.4. The molecule has 0 aliphatic carbocycles. The van der Waals surface area contributed by atoms with Crippen LogP contribution in [0.1, 0.15) is 20.1 Å². The molecule has 0 amide bonds. The van der Waals surface area contributed by atoms with Crippen LogP contribution in [0.15, 0.2) is 29.2 Å². The molecular formula is C13H10F2O3S2. The number of carboxylic acids is 1. The fourth-order valence-corrected chi connectivity index (χ4v) is 3.85. The summed E-state index contributed by atoms with van der Waals surface area (Å²) in [5.41, 5.74) is 0.592. The fraction of sp³-hybridized carbons (Fsp3) is 0.154. The SMILES string of the molecule is Cc1sc(C(=O)O)cc1CS(=O)c1ccc(F)cc1F. The van der Waals surface area contributed by atoms with Crippen molar-refractivity contribution in [3.63, 3.8) is 0 Å². The Morgan fingerprint density at radius 2 is 2.05 bits per heavy atom. The first-order chi connectivity index (χ1) is 9.38. The van der Waals surface area contributed by atoms with Gasteiger partial charge < -0.3 is 5.11 Å². The number of hydrogen-bond acceptors (Lipinski definition) is 3. The first-order valence-corrected chi connectivity index (χ1v) is 7.68. The lowest BCUT2D eigenvalue weighted by Gasteiger charge is -2.03. The van der Waals surface area contributed by atoms with E-state index >= 15 is 0 Å². The smallest absolute Gasteiger partial charge is 0.345 e. The summed E-state index contributed by atoms with van der Waals surface area (Å²) in [6, 6.07) is 4.29. The summed E-state index contributed by atoms with van der Waals surface area (Å²) < 4.78 is 38.4. The molecule has 1 unspecified atom stereocenters. The summed E-state index contributed by atoms with van der Waals surface area (Å²) in [7, 11) is -1.69. The van der Waals surface area contributed by atoms with Crippen molar-refractivity contribution in [2.75, 3.05) is 0 Å². The fourth-order valence-electron chi connectivity index (χ4n) is 1.65. The van der Waals surface area contributed by atoms with E-state index in [1.54, 1.807) is 6.92 Å². The molecule has 0 spiro atoms. The lowest BCUT2D eigenvalue weighted by atomic mass is 10.3. The number of carbonyl (C=O) groups is 1. The normalized spacial score (nSPS) is 12.3. The molecular weight excluding hydrogens is 306 g/mol. The van der Waals surface area contributed by atoms with Gasteiger partial charge in [-0.05, 0) is 30.7 Å². The van der Waals surface area contributed by atoms with Crippen LogP contribution in [0.3, 0.4) is 0 Å². The van der Waals surface area contributed by atoms with Crippen LogP contribution in [0.2, 0.25) is 0 Å². The van der Waals surface area contributed by atoms with Gasteiger partial charge in [-0.1, -0.05) is 0 Å². The van der Waals surface area contributed by atoms with E-state index in [0.717, 1.165) is 28.3 Å². The number of hydrogen-bond donors (Lipinski definition) is 1. The zero-order chi connectivity index (χ0) is 14.9. The van der Waals surface area contributed by atoms with Gasteiger partial charge in [-0.15, -0.1) is 11.3 Å². The van der Waals surface area contributed by atoms with Gasteiger partial charge in [-0.25, -0.2) is 13.6 Å². The van der Waals surface area contributed by atoms with Crippen LogP contribution in [0, 0.1) is 18.6 Å². The lowest BCUT2D eigenvalue weighted by Crippen LogP contribution is -2.00. The Morgan fingerprint density at radius 1 is 1.35 bits per heavy atom. The first-order valence-electron chi connectivity index (χ1n) is 5.54. The van der Waals surface area contributed by atoms with Crippen molar-refractivity contribution in [1.29, 1.82) is 0 Å². The zero-order valence-corrected chi connectivity index (χ0v) is 12.0. The predicted octanol–water partition coefficient (Wildman–Crippen LogP) is 3.34. The molecule has 106 valence electrons. The number of aromatic carboxylic acids is 1. The Kier molecular flexibility index (Phi) is 4.29. The van der Waals surface area contributed by atoms with Crippen LogP contribution in [-0.4, -0.2) is 15.3 Å². The highest BCUT2D eigenvalue weighted by Crippen LogP contribution is 2.25. The van der Waals surface area contributed by atoms with Crippen LogP contribution < -0.4 is 0 Å². The Bertz CT molecular complexity index is 695. The average Bonchev–Trinajstić information content (AvgIpc) is 2.71. The minimum atomic E-state index is -1.69. The Labute approximate surface area is 120 Å². The largest absolute Gasteiger partial charge is 0.477 e. The van der Waals surface area contributed by atoms with Crippen LogP contribution in [0.4, 0.5) is 8.78 Å². The van der Waals surface area contributed by atoms with Gasteiger partial charge in [0.25, 0.3) is 0 Å². The van der Waals surface area contributed by atoms with E-state index in [9.17, 15) is 17.8 Å². The molecule has 2 aromatic rings. The topological polar surface area (TPSA) is 54.4 Å². The highest BCUT2D eigenvalue weighted by atomic mass is 32.2. The molecule has 2 rings (SSSR count). The van der Waals surface area contributed by atoms with E-state index in [4.69, 9.17) is 5.11 Å². The first kappa shape index (κ1) is 14.8. The number of carboxylic acid groups (broad SMARTS) is 1. The molecule has 0 saturated carbocycles. The molecule has 0 bridgehead atoms. The molecule has 0 saturated heterocycles. The van der Waals surface area contributed by atoms with Gasteiger partial charge in [0.1, 0.15) is 16.5 Å². The molecule has 0 radical (unpaired) electrons. The third-order valence-electron chi connectivity index (χ3n) is 2.66. The molecule has 0 fully saturated rings. The van der Waals surface area contributed by atoms with Crippen LogP contribution in [0.25, 0.3) is 0 Å². The highest BCUT2D eigenvalue weighted by molar-refractivity contribution is 7.84. The van der Waals surface area contributed by atoms with Crippen LogP contribution >= 0.6 is 11.3 Å². The minimum Gasteiger partial charge on any atom is -0.477 e. The van der Waals surface area contributed by atoms with Crippen LogP contribution in [0.5, 0.6) is 0 Å². The Morgan fingerprint density at radius 3 is 2.60 bits per heavy atom. The van der Waals surface area contributed by atoms with E-state index in [2.05, 4.69) is 0 Å². The van der Waals surface area contributed by atoms with Crippen LogP contribution in [-0.2, 0) is 16.6 Å². The number of halogens is 2. The van der Waals surface area contributed by atoms with Crippen molar-refractivity contribution in [2.24, 2.45) is 0 Å². The minimum absolute atomic E-state index is 0.00182. The Balaban J connectivity index is 2.25. The van der Waals surface area contributed by atoms with Crippen molar-refractivity contribution in [2.45, 2.75) is 17.6 Å². The second-order valence-corrected chi connectivity index (χ2v) is 6.74. The van der Waals surface area contributed by atoms with Gasteiger partial charge in [-0.3, -0.25) is 4.21 Å². The van der Waals surface area contributed by atoms with Crippen molar-refractivity contribution in [3.8, 4) is 0 Å². The third kappa shape index (κ3) is 3.10. The average molecular weight is 316 g/mol. The van der Waals surface area contributed by atoms with Crippen molar-refractivity contribution in [1.82, 2.24) is 0 Å². The highest BCUT2D eigenvalue weighted by Gasteiger charge is 2.16. The molecule has 1 aromatic heterocycles. The van der Waals surface area contributed by atoms with Crippen molar-refractivity contribution < 1.29 is 22.9 Å². The van der Waals surface area contributed by atoms with Gasteiger partial charge >= 0.3 is 5.97 Å². The van der Waals surface area contributed by atoms with Crippen molar-refractivity contribution in [3.05, 3.63) is 51.2 Å². The number of thiophene rings is 1. The summed E-state index contributed by atoms with van der Waals surface area (Å²) in [6.07, 6.45) is 0. The maximum atomic E-state index is 13.5. The van der Waals surface area contributed by atoms with Gasteiger partial charge in [0.2, 0.25) is 0 Å². The summed E-state index contributed by atoms with van der Waals surface area (Å²) in [4.78, 5) is 11.6. The molecule has 0 aliphatic rings. The maximum Gasteiger partial charge on any atom is 0.345 e. The molecule has 1 atom stereocenters. The summed E-state index contributed by atoms with van der Waals surface area (Å²) in [5.74, 6) is -2.65. The number of aryl methyl sites for hydroxylation is 1. The van der Waals surface area contributed by atoms with E-state index in [1.807, 2.05) is 0 Å². The number of benzene rings is 1. The van der Waals surface area contributed by atoms with Gasteiger partial charge in [0.15, 0.2) is 0 Å². The van der Waals surface area contributed by atoms with Gasteiger partial charge in [0.05, 0.1) is 21.4 Å². The van der Waals surface area contributed by atoms with Gasteiger partial charge in [0, 0.05) is 10.9 Å². The van der Waals surface area contributed by atoms with E-state index in [1.165, 1.54) is 6.07 Å². The quantitative estimate of drug-likeness (QED) is 0.941. The monoisotopic (exact) mass is 316 g/mol. The van der Waals surface area contributed by atoms with Crippen molar-refractivity contribution >= 4 is 28.1 Å². The second kappa shape index (κ2) is 5.80. The molecule has 7 heteroatoms. The summed E-state index contributed by atoms with van der Waals surface area (Å²) in [5, 5.41) is 8.88. The molecule has 1 aromatic carbocycles. The predicted molar refractivity (Wildman–Crippen MR) is 72.5 cm³/mol. The Hall–Kier alpha value is -1.60. The van der Waals surface area contributed by atoms with E-state index in [-0.39, 0.29) is 15.5 Å². The second-order valence-electron chi connectivity index (χ2n) is 4.06. The van der Waals surface area contributed by atoms with E-state index in [0.29, 0.717) is 11.6 Å². The molecule has 1 heterocycles. The molecule has 1 N–H and O–H groups in total. The van der Waals surface area contributed by atoms with Gasteiger partial charge in [-0.2, -0.15) is 0 Å². The maximum absolute atomic E-state index is 13.5. The third-order valence-corrected chi connectivity index (χ3v) is 5.13. The molecule has 0 aliphatic heterocycles. The number of rotatable bonds is 4. The lowest BCUT2D eigenvalue weighted by molar-refractivity contribution is 0.0702. The van der Waals surface area contributed by atoms with E-state index < -0.39 is 28.4 Å². The molecule has 20 heavy (non-hydrogen) atoms. The molecule has 3 nitrogen and oxygen atoms in total. The summed E-state index contributed by atoms with van der Waals surface area (Å²) in [6.45, 7) is 1.71. The summed E-state index contributed by atoms with van der Waals surface area (Å²) >= 11 is 1.08.